The summed E-state index contributed by atoms with van der Waals surface area (Å²) in [6.45, 7) is 8.26. The SMILES string of the molecule is C/C=C/COC(C)C1=CC(C)(C)N(C(=O)O)c2ccc(-c3ccccc3OC)cc21. The molecule has 3 rings (SSSR count). The monoisotopic (exact) mass is 407 g/mol. The molecule has 5 nitrogen and oxygen atoms in total. The van der Waals surface area contributed by atoms with Gasteiger partial charge in [-0.3, -0.25) is 4.90 Å². The van der Waals surface area contributed by atoms with Gasteiger partial charge in [-0.1, -0.05) is 42.5 Å². The molecule has 1 unspecified atom stereocenters. The number of para-hydroxylation sites is 1. The standard InChI is InChI=1S/C25H29NO4/c1-6-7-14-30-17(2)21-16-25(3,4)26(24(27)28)22-13-12-18(15-20(21)22)19-10-8-9-11-23(19)29-5/h6-13,15-17H,14H2,1-5H3,(H,27,28)/b7-6+. The highest BCUT2D eigenvalue weighted by atomic mass is 16.5. The number of hydrogen-bond donors (Lipinski definition) is 1. The zero-order valence-corrected chi connectivity index (χ0v) is 18.2. The van der Waals surface area contributed by atoms with Crippen molar-refractivity contribution in [2.75, 3.05) is 18.6 Å². The molecule has 0 radical (unpaired) electrons. The number of nitrogens with zero attached hydrogens (tertiary/aromatic N) is 1. The minimum atomic E-state index is -0.982. The topological polar surface area (TPSA) is 59.0 Å². The summed E-state index contributed by atoms with van der Waals surface area (Å²) in [5.74, 6) is 0.770. The molecule has 1 aliphatic rings. The van der Waals surface area contributed by atoms with E-state index in [1.165, 1.54) is 4.90 Å². The Labute approximate surface area is 178 Å². The fraction of sp³-hybridized carbons (Fsp3) is 0.320. The summed E-state index contributed by atoms with van der Waals surface area (Å²) < 4.78 is 11.5. The molecule has 1 aliphatic heterocycles. The van der Waals surface area contributed by atoms with Gasteiger partial charge in [0.2, 0.25) is 0 Å². The molecule has 1 amide bonds. The number of carbonyl (C=O) groups is 1. The maximum absolute atomic E-state index is 12.1. The van der Waals surface area contributed by atoms with Crippen molar-refractivity contribution in [1.82, 2.24) is 0 Å². The zero-order chi connectivity index (χ0) is 21.9. The third kappa shape index (κ3) is 4.12. The van der Waals surface area contributed by atoms with Crippen LogP contribution in [0, 0.1) is 0 Å². The van der Waals surface area contributed by atoms with E-state index in [2.05, 4.69) is 0 Å². The van der Waals surface area contributed by atoms with Gasteiger partial charge >= 0.3 is 6.09 Å². The van der Waals surface area contributed by atoms with Gasteiger partial charge in [-0.25, -0.2) is 4.79 Å². The molecule has 0 aliphatic carbocycles. The molecule has 1 atom stereocenters. The lowest BCUT2D eigenvalue weighted by Gasteiger charge is -2.41. The number of ether oxygens (including phenoxy) is 2. The molecule has 0 saturated carbocycles. The first kappa shape index (κ1) is 21.7. The van der Waals surface area contributed by atoms with E-state index in [-0.39, 0.29) is 6.10 Å². The number of hydrogen-bond acceptors (Lipinski definition) is 3. The predicted octanol–water partition coefficient (Wildman–Crippen LogP) is 6.00. The van der Waals surface area contributed by atoms with Crippen molar-refractivity contribution in [3.05, 3.63) is 66.3 Å². The molecule has 158 valence electrons. The maximum atomic E-state index is 12.1. The second kappa shape index (κ2) is 8.76. The largest absolute Gasteiger partial charge is 0.496 e. The van der Waals surface area contributed by atoms with Gasteiger partial charge in [0.1, 0.15) is 5.75 Å². The van der Waals surface area contributed by atoms with Gasteiger partial charge in [0.25, 0.3) is 0 Å². The molecule has 0 aromatic heterocycles. The van der Waals surface area contributed by atoms with Crippen LogP contribution in [0.1, 0.15) is 33.3 Å². The van der Waals surface area contributed by atoms with Crippen LogP contribution in [-0.2, 0) is 4.74 Å². The zero-order valence-electron chi connectivity index (χ0n) is 18.2. The van der Waals surface area contributed by atoms with Gasteiger partial charge in [0, 0.05) is 11.1 Å². The van der Waals surface area contributed by atoms with Crippen LogP contribution in [0.25, 0.3) is 16.7 Å². The van der Waals surface area contributed by atoms with Crippen LogP contribution in [0.5, 0.6) is 5.75 Å². The molecule has 2 aromatic rings. The van der Waals surface area contributed by atoms with Crippen molar-refractivity contribution in [2.24, 2.45) is 0 Å². The molecule has 0 bridgehead atoms. The summed E-state index contributed by atoms with van der Waals surface area (Å²) in [5.41, 5.74) is 3.71. The van der Waals surface area contributed by atoms with Crippen molar-refractivity contribution in [1.29, 1.82) is 0 Å². The van der Waals surface area contributed by atoms with E-state index < -0.39 is 11.6 Å². The Bertz CT molecular complexity index is 990. The molecular weight excluding hydrogens is 378 g/mol. The van der Waals surface area contributed by atoms with Crippen LogP contribution >= 0.6 is 0 Å². The average molecular weight is 408 g/mol. The second-order valence-corrected chi connectivity index (χ2v) is 7.85. The van der Waals surface area contributed by atoms with Gasteiger partial charge in [-0.15, -0.1) is 0 Å². The highest BCUT2D eigenvalue weighted by molar-refractivity contribution is 5.98. The summed E-state index contributed by atoms with van der Waals surface area (Å²) in [7, 11) is 1.65. The molecule has 2 aromatic carbocycles. The number of benzene rings is 2. The molecule has 30 heavy (non-hydrogen) atoms. The summed E-state index contributed by atoms with van der Waals surface area (Å²) in [6.07, 6.45) is 4.73. The van der Waals surface area contributed by atoms with Crippen molar-refractivity contribution in [3.8, 4) is 16.9 Å². The molecule has 0 fully saturated rings. The predicted molar refractivity (Wildman–Crippen MR) is 121 cm³/mol. The molecule has 1 heterocycles. The quantitative estimate of drug-likeness (QED) is 0.596. The van der Waals surface area contributed by atoms with Crippen molar-refractivity contribution in [2.45, 2.75) is 39.3 Å². The number of fused-ring (bicyclic) bond motifs is 1. The van der Waals surface area contributed by atoms with E-state index >= 15 is 0 Å². The van der Waals surface area contributed by atoms with Gasteiger partial charge in [0.15, 0.2) is 0 Å². The first-order valence-corrected chi connectivity index (χ1v) is 10.1. The van der Waals surface area contributed by atoms with E-state index in [0.29, 0.717) is 12.3 Å². The summed E-state index contributed by atoms with van der Waals surface area (Å²) in [6, 6.07) is 13.6. The Morgan fingerprint density at radius 1 is 1.20 bits per heavy atom. The number of carboxylic acid groups (broad SMARTS) is 1. The van der Waals surface area contributed by atoms with E-state index in [1.54, 1.807) is 7.11 Å². The lowest BCUT2D eigenvalue weighted by Crippen LogP contribution is -2.49. The van der Waals surface area contributed by atoms with E-state index in [4.69, 9.17) is 9.47 Å². The van der Waals surface area contributed by atoms with Crippen LogP contribution in [0.2, 0.25) is 0 Å². The Balaban J connectivity index is 2.16. The highest BCUT2D eigenvalue weighted by Gasteiger charge is 2.38. The van der Waals surface area contributed by atoms with Crippen molar-refractivity contribution in [3.63, 3.8) is 0 Å². The summed E-state index contributed by atoms with van der Waals surface area (Å²) in [5, 5.41) is 9.92. The fourth-order valence-corrected chi connectivity index (χ4v) is 3.92. The van der Waals surface area contributed by atoms with Crippen LogP contribution in [0.15, 0.2) is 60.7 Å². The van der Waals surface area contributed by atoms with E-state index in [0.717, 1.165) is 28.0 Å². The molecule has 5 heteroatoms. The normalized spacial score (nSPS) is 16.2. The minimum Gasteiger partial charge on any atom is -0.496 e. The summed E-state index contributed by atoms with van der Waals surface area (Å²) in [4.78, 5) is 13.5. The highest BCUT2D eigenvalue weighted by Crippen LogP contribution is 2.43. The van der Waals surface area contributed by atoms with E-state index in [1.807, 2.05) is 88.4 Å². The van der Waals surface area contributed by atoms with Crippen LogP contribution in [-0.4, -0.2) is 36.6 Å². The number of methoxy groups -OCH3 is 1. The number of amides is 1. The Hall–Kier alpha value is -3.05. The average Bonchev–Trinajstić information content (AvgIpc) is 2.72. The van der Waals surface area contributed by atoms with Gasteiger partial charge in [-0.2, -0.15) is 0 Å². The van der Waals surface area contributed by atoms with E-state index in [9.17, 15) is 9.90 Å². The van der Waals surface area contributed by atoms with Crippen LogP contribution in [0.4, 0.5) is 10.5 Å². The molecule has 1 N–H and O–H groups in total. The Morgan fingerprint density at radius 3 is 2.60 bits per heavy atom. The van der Waals surface area contributed by atoms with Crippen molar-refractivity contribution < 1.29 is 19.4 Å². The Kier molecular flexibility index (Phi) is 6.32. The third-order valence-corrected chi connectivity index (χ3v) is 5.36. The molecule has 0 spiro atoms. The molecule has 0 saturated heterocycles. The summed E-state index contributed by atoms with van der Waals surface area (Å²) >= 11 is 0. The lowest BCUT2D eigenvalue weighted by molar-refractivity contribution is 0.129. The van der Waals surface area contributed by atoms with Gasteiger partial charge in [-0.05, 0) is 57.0 Å². The number of allylic oxidation sites excluding steroid dienone is 1. The third-order valence-electron chi connectivity index (χ3n) is 5.36. The lowest BCUT2D eigenvalue weighted by atomic mass is 9.85. The number of rotatable bonds is 6. The van der Waals surface area contributed by atoms with Crippen LogP contribution < -0.4 is 9.64 Å². The van der Waals surface area contributed by atoms with Gasteiger partial charge < -0.3 is 14.6 Å². The first-order chi connectivity index (χ1) is 14.3. The molecular formula is C25H29NO4. The Morgan fingerprint density at radius 2 is 1.93 bits per heavy atom. The van der Waals surface area contributed by atoms with Crippen LogP contribution in [0.3, 0.4) is 0 Å². The van der Waals surface area contributed by atoms with Crippen molar-refractivity contribution >= 4 is 17.4 Å². The minimum absolute atomic E-state index is 0.192. The smallest absolute Gasteiger partial charge is 0.412 e. The number of anilines is 1. The maximum Gasteiger partial charge on any atom is 0.412 e. The second-order valence-electron chi connectivity index (χ2n) is 7.85. The first-order valence-electron chi connectivity index (χ1n) is 10.1. The van der Waals surface area contributed by atoms with Gasteiger partial charge in [0.05, 0.1) is 31.0 Å². The fourth-order valence-electron chi connectivity index (χ4n) is 3.92.